The van der Waals surface area contributed by atoms with Crippen LogP contribution in [-0.2, 0) is 0 Å². The Morgan fingerprint density at radius 1 is 1.39 bits per heavy atom. The number of nitrogens with one attached hydrogen (secondary N) is 2. The van der Waals surface area contributed by atoms with Crippen LogP contribution in [0.4, 0.5) is 0 Å². The lowest BCUT2D eigenvalue weighted by atomic mass is 10.1. The second-order valence-electron chi connectivity index (χ2n) is 5.54. The van der Waals surface area contributed by atoms with E-state index in [1.807, 2.05) is 25.1 Å². The first kappa shape index (κ1) is 18.3. The van der Waals surface area contributed by atoms with Gasteiger partial charge in [-0.2, -0.15) is 0 Å². The van der Waals surface area contributed by atoms with Crippen LogP contribution in [-0.4, -0.2) is 50.1 Å². The lowest BCUT2D eigenvalue weighted by Crippen LogP contribution is -2.46. The summed E-state index contributed by atoms with van der Waals surface area (Å²) in [6.07, 6.45) is 0. The normalized spacial score (nSPS) is 15.4. The van der Waals surface area contributed by atoms with Crippen LogP contribution in [0.3, 0.4) is 0 Å². The van der Waals surface area contributed by atoms with Crippen molar-refractivity contribution in [1.29, 1.82) is 0 Å². The third kappa shape index (κ3) is 4.26. The maximum absolute atomic E-state index is 12.3. The Labute approximate surface area is 150 Å². The summed E-state index contributed by atoms with van der Waals surface area (Å²) in [6.45, 7) is 7.54. The third-order valence-corrected chi connectivity index (χ3v) is 4.52. The van der Waals surface area contributed by atoms with Gasteiger partial charge in [-0.3, -0.25) is 9.69 Å². The quantitative estimate of drug-likeness (QED) is 0.825. The van der Waals surface area contributed by atoms with Crippen molar-refractivity contribution in [2.45, 2.75) is 6.92 Å². The Kier molecular flexibility index (Phi) is 6.47. The molecule has 23 heavy (non-hydrogen) atoms. The number of fused-ring (bicyclic) bond motifs is 1. The van der Waals surface area contributed by atoms with E-state index in [4.69, 9.17) is 4.42 Å². The fourth-order valence-electron chi connectivity index (χ4n) is 2.75. The highest BCUT2D eigenvalue weighted by atomic mass is 79.9. The Morgan fingerprint density at radius 2 is 2.13 bits per heavy atom. The minimum Gasteiger partial charge on any atom is -0.451 e. The molecule has 126 valence electrons. The molecule has 0 saturated carbocycles. The van der Waals surface area contributed by atoms with Crippen molar-refractivity contribution in [1.82, 2.24) is 15.5 Å². The number of nitrogens with zero attached hydrogens (tertiary/aromatic N) is 1. The molecule has 1 aromatic carbocycles. The van der Waals surface area contributed by atoms with Gasteiger partial charge in [0.1, 0.15) is 5.58 Å². The van der Waals surface area contributed by atoms with Gasteiger partial charge in [-0.15, -0.1) is 12.4 Å². The molecule has 2 heterocycles. The van der Waals surface area contributed by atoms with E-state index in [1.54, 1.807) is 0 Å². The summed E-state index contributed by atoms with van der Waals surface area (Å²) >= 11 is 3.45. The summed E-state index contributed by atoms with van der Waals surface area (Å²) in [6, 6.07) is 5.77. The molecule has 2 N–H and O–H groups in total. The first-order valence-electron chi connectivity index (χ1n) is 7.55. The fourth-order valence-corrected chi connectivity index (χ4v) is 3.11. The number of benzene rings is 1. The zero-order chi connectivity index (χ0) is 15.5. The molecule has 1 saturated heterocycles. The number of halogens is 2. The van der Waals surface area contributed by atoms with Crippen LogP contribution < -0.4 is 10.6 Å². The standard InChI is InChI=1S/C16H20BrN3O2.ClH/c1-11-13-10-12(17)2-3-14(13)22-15(11)16(21)19-6-9-20-7-4-18-5-8-20;/h2-3,10,18H,4-9H2,1H3,(H,19,21);1H. The Morgan fingerprint density at radius 3 is 2.87 bits per heavy atom. The summed E-state index contributed by atoms with van der Waals surface area (Å²) in [5.74, 6) is 0.272. The monoisotopic (exact) mass is 401 g/mol. The van der Waals surface area contributed by atoms with E-state index in [9.17, 15) is 4.79 Å². The van der Waals surface area contributed by atoms with Crippen LogP contribution in [0, 0.1) is 6.92 Å². The number of carbonyl (C=O) groups is 1. The van der Waals surface area contributed by atoms with Gasteiger partial charge in [0.15, 0.2) is 5.76 Å². The van der Waals surface area contributed by atoms with Crippen molar-refractivity contribution >= 4 is 45.2 Å². The molecular weight excluding hydrogens is 382 g/mol. The van der Waals surface area contributed by atoms with Gasteiger partial charge in [-0.05, 0) is 25.1 Å². The van der Waals surface area contributed by atoms with Crippen LogP contribution in [0.1, 0.15) is 16.1 Å². The summed E-state index contributed by atoms with van der Waals surface area (Å²) < 4.78 is 6.68. The van der Waals surface area contributed by atoms with Crippen molar-refractivity contribution in [3.05, 3.63) is 34.0 Å². The molecule has 0 radical (unpaired) electrons. The molecule has 7 heteroatoms. The van der Waals surface area contributed by atoms with E-state index in [0.29, 0.717) is 12.3 Å². The fraction of sp³-hybridized carbons (Fsp3) is 0.438. The zero-order valence-electron chi connectivity index (χ0n) is 13.0. The van der Waals surface area contributed by atoms with Crippen LogP contribution in [0.5, 0.6) is 0 Å². The summed E-state index contributed by atoms with van der Waals surface area (Å²) in [4.78, 5) is 14.7. The molecule has 5 nitrogen and oxygen atoms in total. The van der Waals surface area contributed by atoms with Crippen molar-refractivity contribution in [3.8, 4) is 0 Å². The van der Waals surface area contributed by atoms with Crippen molar-refractivity contribution in [2.75, 3.05) is 39.3 Å². The number of hydrogen-bond donors (Lipinski definition) is 2. The van der Waals surface area contributed by atoms with Crippen LogP contribution in [0.2, 0.25) is 0 Å². The minimum atomic E-state index is -0.139. The molecule has 0 bridgehead atoms. The smallest absolute Gasteiger partial charge is 0.287 e. The number of amides is 1. The first-order chi connectivity index (χ1) is 10.6. The van der Waals surface area contributed by atoms with Crippen LogP contribution in [0.25, 0.3) is 11.0 Å². The molecule has 0 spiro atoms. The third-order valence-electron chi connectivity index (χ3n) is 4.03. The molecule has 1 aliphatic heterocycles. The molecular formula is C16H21BrClN3O2. The molecule has 3 rings (SSSR count). The highest BCUT2D eigenvalue weighted by Gasteiger charge is 2.18. The highest BCUT2D eigenvalue weighted by molar-refractivity contribution is 9.10. The van der Waals surface area contributed by atoms with Gasteiger partial charge in [0.2, 0.25) is 0 Å². The Hall–Kier alpha value is -1.08. The number of rotatable bonds is 4. The van der Waals surface area contributed by atoms with Gasteiger partial charge in [-0.25, -0.2) is 0 Å². The molecule has 0 aliphatic carbocycles. The van der Waals surface area contributed by atoms with Gasteiger partial charge in [0.05, 0.1) is 0 Å². The largest absolute Gasteiger partial charge is 0.451 e. The van der Waals surface area contributed by atoms with Crippen molar-refractivity contribution in [2.24, 2.45) is 0 Å². The van der Waals surface area contributed by atoms with Gasteiger partial charge in [0, 0.05) is 54.7 Å². The van der Waals surface area contributed by atoms with Gasteiger partial charge >= 0.3 is 0 Å². The second-order valence-corrected chi connectivity index (χ2v) is 6.46. The average molecular weight is 403 g/mol. The van der Waals surface area contributed by atoms with Gasteiger partial charge in [-0.1, -0.05) is 15.9 Å². The van der Waals surface area contributed by atoms with Crippen molar-refractivity contribution < 1.29 is 9.21 Å². The molecule has 1 aliphatic rings. The summed E-state index contributed by atoms with van der Waals surface area (Å²) in [5, 5.41) is 7.25. The van der Waals surface area contributed by atoms with Crippen molar-refractivity contribution in [3.63, 3.8) is 0 Å². The SMILES string of the molecule is Cc1c(C(=O)NCCN2CCNCC2)oc2ccc(Br)cc12.Cl. The average Bonchev–Trinajstić information content (AvgIpc) is 2.85. The lowest BCUT2D eigenvalue weighted by molar-refractivity contribution is 0.0921. The molecule has 1 aromatic heterocycles. The molecule has 2 aromatic rings. The predicted octanol–water partition coefficient (Wildman–Crippen LogP) is 2.56. The first-order valence-corrected chi connectivity index (χ1v) is 8.34. The number of furan rings is 1. The van der Waals surface area contributed by atoms with E-state index >= 15 is 0 Å². The van der Waals surface area contributed by atoms with Gasteiger partial charge in [0.25, 0.3) is 5.91 Å². The maximum Gasteiger partial charge on any atom is 0.287 e. The molecule has 1 fully saturated rings. The topological polar surface area (TPSA) is 57.5 Å². The molecule has 0 unspecified atom stereocenters. The Bertz CT molecular complexity index is 683. The predicted molar refractivity (Wildman–Crippen MR) is 97.5 cm³/mol. The summed E-state index contributed by atoms with van der Waals surface area (Å²) in [7, 11) is 0. The van der Waals surface area contributed by atoms with E-state index in [1.165, 1.54) is 0 Å². The number of carbonyl (C=O) groups excluding carboxylic acids is 1. The molecule has 0 atom stereocenters. The number of piperazine rings is 1. The van der Waals surface area contributed by atoms with E-state index in [0.717, 1.165) is 53.7 Å². The van der Waals surface area contributed by atoms with Crippen LogP contribution in [0.15, 0.2) is 27.1 Å². The van der Waals surface area contributed by atoms with Crippen LogP contribution >= 0.6 is 28.3 Å². The van der Waals surface area contributed by atoms with E-state index in [-0.39, 0.29) is 18.3 Å². The maximum atomic E-state index is 12.3. The van der Waals surface area contributed by atoms with E-state index in [2.05, 4.69) is 31.5 Å². The zero-order valence-corrected chi connectivity index (χ0v) is 15.4. The summed E-state index contributed by atoms with van der Waals surface area (Å²) in [5.41, 5.74) is 1.63. The minimum absolute atomic E-state index is 0. The highest BCUT2D eigenvalue weighted by Crippen LogP contribution is 2.27. The molecule has 1 amide bonds. The Balaban J connectivity index is 0.00000192. The lowest BCUT2D eigenvalue weighted by Gasteiger charge is -2.26. The number of hydrogen-bond acceptors (Lipinski definition) is 4. The second kappa shape index (κ2) is 8.15. The van der Waals surface area contributed by atoms with E-state index < -0.39 is 0 Å². The van der Waals surface area contributed by atoms with Gasteiger partial charge < -0.3 is 15.1 Å². The number of aryl methyl sites for hydroxylation is 1.